The van der Waals surface area contributed by atoms with E-state index in [0.717, 1.165) is 17.9 Å². The minimum Gasteiger partial charge on any atom is -0.494 e. The summed E-state index contributed by atoms with van der Waals surface area (Å²) in [4.78, 5) is 18.0. The van der Waals surface area contributed by atoms with E-state index in [9.17, 15) is 4.79 Å². The summed E-state index contributed by atoms with van der Waals surface area (Å²) in [6.45, 7) is 3.56. The van der Waals surface area contributed by atoms with Crippen molar-refractivity contribution >= 4 is 22.7 Å². The Balaban J connectivity index is 1.73. The zero-order valence-electron chi connectivity index (χ0n) is 15.7. The fourth-order valence-electron chi connectivity index (χ4n) is 3.10. The Morgan fingerprint density at radius 3 is 2.79 bits per heavy atom. The molecular weight excluding hydrogens is 376 g/mol. The third-order valence-corrected chi connectivity index (χ3v) is 5.59. The van der Waals surface area contributed by atoms with Gasteiger partial charge in [0.1, 0.15) is 12.5 Å². The molecule has 0 amide bonds. The predicted molar refractivity (Wildman–Crippen MR) is 110 cm³/mol. The molecule has 1 saturated heterocycles. The smallest absolute Gasteiger partial charge is 0.266 e. The van der Waals surface area contributed by atoms with Crippen molar-refractivity contribution in [1.82, 2.24) is 9.55 Å². The number of ether oxygens (including phenoxy) is 3. The molecule has 1 aromatic heterocycles. The molecule has 146 valence electrons. The third-order valence-electron chi connectivity index (χ3n) is 4.52. The van der Waals surface area contributed by atoms with E-state index in [1.807, 2.05) is 55.5 Å². The summed E-state index contributed by atoms with van der Waals surface area (Å²) in [7, 11) is 0. The Morgan fingerprint density at radius 2 is 2.04 bits per heavy atom. The normalized spacial score (nSPS) is 17.0. The molecule has 0 bridgehead atoms. The first-order valence-electron chi connectivity index (χ1n) is 9.33. The van der Waals surface area contributed by atoms with Crippen LogP contribution in [0.25, 0.3) is 16.6 Å². The van der Waals surface area contributed by atoms with E-state index in [1.165, 1.54) is 11.8 Å². The predicted octanol–water partition coefficient (Wildman–Crippen LogP) is 3.64. The van der Waals surface area contributed by atoms with Gasteiger partial charge in [-0.05, 0) is 49.7 Å². The Hall–Kier alpha value is -2.35. The molecule has 1 aliphatic heterocycles. The molecule has 2 heterocycles. The molecule has 4 rings (SSSR count). The molecule has 7 heteroatoms. The molecular formula is C21H22N2O4S. The van der Waals surface area contributed by atoms with Crippen LogP contribution >= 0.6 is 11.8 Å². The van der Waals surface area contributed by atoms with Crippen molar-refractivity contribution in [2.45, 2.75) is 24.6 Å². The van der Waals surface area contributed by atoms with Crippen molar-refractivity contribution in [3.63, 3.8) is 0 Å². The highest BCUT2D eigenvalue weighted by atomic mass is 32.2. The zero-order valence-corrected chi connectivity index (χ0v) is 16.5. The highest BCUT2D eigenvalue weighted by Crippen LogP contribution is 2.25. The minimum absolute atomic E-state index is 0.0786. The maximum absolute atomic E-state index is 13.2. The van der Waals surface area contributed by atoms with Gasteiger partial charge in [0.2, 0.25) is 0 Å². The molecule has 1 fully saturated rings. The van der Waals surface area contributed by atoms with Gasteiger partial charge in [0, 0.05) is 5.75 Å². The summed E-state index contributed by atoms with van der Waals surface area (Å²) in [6, 6.07) is 14.9. The molecule has 0 unspecified atom stereocenters. The standard InChI is InChI=1S/C21H22N2O4S/c1-2-26-16-9-7-15(8-10-16)23-20(24)18-5-3-4-6-19(18)22-21(23)28-13-17-11-12-25-14-27-17/h3-10,17H,2,11-14H2,1H3/t17-/m0/s1. The quantitative estimate of drug-likeness (QED) is 0.467. The van der Waals surface area contributed by atoms with Crippen LogP contribution in [0.2, 0.25) is 0 Å². The third kappa shape index (κ3) is 4.06. The van der Waals surface area contributed by atoms with Crippen LogP contribution in [0.1, 0.15) is 13.3 Å². The van der Waals surface area contributed by atoms with Gasteiger partial charge in [-0.3, -0.25) is 9.36 Å². The van der Waals surface area contributed by atoms with Crippen molar-refractivity contribution < 1.29 is 14.2 Å². The Labute approximate surface area is 167 Å². The van der Waals surface area contributed by atoms with Crippen molar-refractivity contribution in [2.75, 3.05) is 25.8 Å². The fourth-order valence-corrected chi connectivity index (χ4v) is 4.17. The fraction of sp³-hybridized carbons (Fsp3) is 0.333. The SMILES string of the molecule is CCOc1ccc(-n2c(SC[C@@H]3CCOCO3)nc3ccccc3c2=O)cc1. The van der Waals surface area contributed by atoms with Crippen molar-refractivity contribution in [2.24, 2.45) is 0 Å². The minimum atomic E-state index is -0.0786. The number of hydrogen-bond donors (Lipinski definition) is 0. The summed E-state index contributed by atoms with van der Waals surface area (Å²) >= 11 is 1.53. The van der Waals surface area contributed by atoms with E-state index in [-0.39, 0.29) is 11.7 Å². The van der Waals surface area contributed by atoms with Crippen LogP contribution in [-0.2, 0) is 9.47 Å². The van der Waals surface area contributed by atoms with E-state index < -0.39 is 0 Å². The number of aromatic nitrogens is 2. The lowest BCUT2D eigenvalue weighted by Gasteiger charge is -2.22. The van der Waals surface area contributed by atoms with Crippen molar-refractivity contribution in [3.8, 4) is 11.4 Å². The van der Waals surface area contributed by atoms with Crippen LogP contribution in [0.5, 0.6) is 5.75 Å². The van der Waals surface area contributed by atoms with E-state index in [4.69, 9.17) is 19.2 Å². The molecule has 0 spiro atoms. The van der Waals surface area contributed by atoms with Gasteiger partial charge in [0.25, 0.3) is 5.56 Å². The number of rotatable bonds is 6. The first-order valence-corrected chi connectivity index (χ1v) is 10.3. The van der Waals surface area contributed by atoms with E-state index in [2.05, 4.69) is 0 Å². The summed E-state index contributed by atoms with van der Waals surface area (Å²) in [5.74, 6) is 1.49. The van der Waals surface area contributed by atoms with E-state index >= 15 is 0 Å². The van der Waals surface area contributed by atoms with Gasteiger partial charge in [-0.2, -0.15) is 0 Å². The molecule has 2 aromatic carbocycles. The molecule has 6 nitrogen and oxygen atoms in total. The first kappa shape index (κ1) is 19.0. The van der Waals surface area contributed by atoms with Gasteiger partial charge in [0.15, 0.2) is 5.16 Å². The Morgan fingerprint density at radius 1 is 1.21 bits per heavy atom. The first-order chi connectivity index (χ1) is 13.8. The van der Waals surface area contributed by atoms with Crippen molar-refractivity contribution in [3.05, 3.63) is 58.9 Å². The average Bonchev–Trinajstić information content (AvgIpc) is 2.74. The number of thioether (sulfide) groups is 1. The maximum Gasteiger partial charge on any atom is 0.266 e. The highest BCUT2D eigenvalue weighted by Gasteiger charge is 2.18. The molecule has 0 radical (unpaired) electrons. The second-order valence-corrected chi connectivity index (χ2v) is 7.38. The van der Waals surface area contributed by atoms with E-state index in [1.54, 1.807) is 4.57 Å². The monoisotopic (exact) mass is 398 g/mol. The largest absolute Gasteiger partial charge is 0.494 e. The molecule has 0 N–H and O–H groups in total. The van der Waals surface area contributed by atoms with Gasteiger partial charge in [-0.1, -0.05) is 23.9 Å². The second kappa shape index (κ2) is 8.77. The zero-order chi connectivity index (χ0) is 19.3. The lowest BCUT2D eigenvalue weighted by molar-refractivity contribution is -0.130. The van der Waals surface area contributed by atoms with Gasteiger partial charge in [0.05, 0.1) is 35.9 Å². The van der Waals surface area contributed by atoms with Crippen LogP contribution in [-0.4, -0.2) is 41.4 Å². The van der Waals surface area contributed by atoms with Crippen LogP contribution in [0.3, 0.4) is 0 Å². The number of para-hydroxylation sites is 1. The Kier molecular flexibility index (Phi) is 5.95. The average molecular weight is 398 g/mol. The molecule has 1 atom stereocenters. The summed E-state index contributed by atoms with van der Waals surface area (Å²) in [5.41, 5.74) is 1.39. The number of fused-ring (bicyclic) bond motifs is 1. The number of benzene rings is 2. The highest BCUT2D eigenvalue weighted by molar-refractivity contribution is 7.99. The topological polar surface area (TPSA) is 62.6 Å². The molecule has 1 aliphatic rings. The summed E-state index contributed by atoms with van der Waals surface area (Å²) in [5, 5.41) is 1.26. The maximum atomic E-state index is 13.2. The lowest BCUT2D eigenvalue weighted by Crippen LogP contribution is -2.27. The molecule has 3 aromatic rings. The van der Waals surface area contributed by atoms with Crippen LogP contribution in [0.4, 0.5) is 0 Å². The molecule has 28 heavy (non-hydrogen) atoms. The number of nitrogens with zero attached hydrogens (tertiary/aromatic N) is 2. The van der Waals surface area contributed by atoms with Crippen LogP contribution in [0.15, 0.2) is 58.5 Å². The van der Waals surface area contributed by atoms with Crippen LogP contribution < -0.4 is 10.3 Å². The van der Waals surface area contributed by atoms with Gasteiger partial charge < -0.3 is 14.2 Å². The van der Waals surface area contributed by atoms with Gasteiger partial charge in [-0.15, -0.1) is 0 Å². The van der Waals surface area contributed by atoms with Gasteiger partial charge >= 0.3 is 0 Å². The molecule has 0 saturated carbocycles. The lowest BCUT2D eigenvalue weighted by atomic mass is 10.2. The van der Waals surface area contributed by atoms with Gasteiger partial charge in [-0.25, -0.2) is 4.98 Å². The second-order valence-electron chi connectivity index (χ2n) is 6.39. The van der Waals surface area contributed by atoms with E-state index in [0.29, 0.717) is 41.8 Å². The van der Waals surface area contributed by atoms with Crippen molar-refractivity contribution in [1.29, 1.82) is 0 Å². The number of hydrogen-bond acceptors (Lipinski definition) is 6. The summed E-state index contributed by atoms with van der Waals surface area (Å²) < 4.78 is 18.1. The van der Waals surface area contributed by atoms with Crippen LogP contribution in [0, 0.1) is 0 Å². The molecule has 0 aliphatic carbocycles. The summed E-state index contributed by atoms with van der Waals surface area (Å²) in [6.07, 6.45) is 0.935. The Bertz CT molecular complexity index is 997.